The van der Waals surface area contributed by atoms with Crippen LogP contribution in [0.15, 0.2) is 72.9 Å². The Morgan fingerprint density at radius 1 is 1.00 bits per heavy atom. The first-order chi connectivity index (χ1) is 14.6. The number of hydrogen-bond donors (Lipinski definition) is 2. The Morgan fingerprint density at radius 3 is 2.27 bits per heavy atom. The second-order valence-electron chi connectivity index (χ2n) is 6.24. The van der Waals surface area contributed by atoms with E-state index in [1.54, 1.807) is 30.3 Å². The molecule has 2 amide bonds. The molecule has 0 aliphatic heterocycles. The van der Waals surface area contributed by atoms with Crippen LogP contribution >= 0.6 is 0 Å². The van der Waals surface area contributed by atoms with E-state index in [9.17, 15) is 14.9 Å². The van der Waals surface area contributed by atoms with E-state index in [1.165, 1.54) is 31.8 Å². The molecule has 0 saturated carbocycles. The van der Waals surface area contributed by atoms with Crippen LogP contribution < -0.4 is 10.6 Å². The van der Waals surface area contributed by atoms with E-state index in [1.807, 2.05) is 6.07 Å². The normalized spacial score (nSPS) is 11.6. The fourth-order valence-corrected chi connectivity index (χ4v) is 2.82. The van der Waals surface area contributed by atoms with Crippen LogP contribution in [0.4, 0.5) is 5.88 Å². The second-order valence-corrected chi connectivity index (χ2v) is 6.24. The van der Waals surface area contributed by atoms with Crippen LogP contribution in [0.2, 0.25) is 0 Å². The number of furan rings is 4. The lowest BCUT2D eigenvalue weighted by atomic mass is 10.1. The van der Waals surface area contributed by atoms with Gasteiger partial charge in [0.1, 0.15) is 23.4 Å². The number of rotatable bonds is 6. The van der Waals surface area contributed by atoms with Crippen LogP contribution in [-0.2, 0) is 4.79 Å². The predicted molar refractivity (Wildman–Crippen MR) is 103 cm³/mol. The molecule has 1 unspecified atom stereocenters. The van der Waals surface area contributed by atoms with E-state index in [-0.39, 0.29) is 23.0 Å². The minimum absolute atomic E-state index is 0.0641. The zero-order chi connectivity index (χ0) is 21.1. The maximum atomic E-state index is 12.6. The molecule has 1 atom stereocenters. The highest BCUT2D eigenvalue weighted by Crippen LogP contribution is 2.41. The van der Waals surface area contributed by atoms with E-state index in [4.69, 9.17) is 17.7 Å². The molecule has 0 spiro atoms. The van der Waals surface area contributed by atoms with Crippen LogP contribution in [0.1, 0.15) is 23.0 Å². The van der Waals surface area contributed by atoms with Gasteiger partial charge in [0, 0.05) is 0 Å². The lowest BCUT2D eigenvalue weighted by molar-refractivity contribution is -0.117. The molecule has 150 valence electrons. The number of carbonyl (C=O) groups excluding carboxylic acids is 2. The largest absolute Gasteiger partial charge is 0.464 e. The third-order valence-corrected chi connectivity index (χ3v) is 4.26. The van der Waals surface area contributed by atoms with Gasteiger partial charge in [0.05, 0.1) is 24.4 Å². The van der Waals surface area contributed by atoms with Crippen LogP contribution in [0.3, 0.4) is 0 Å². The van der Waals surface area contributed by atoms with Crippen molar-refractivity contribution in [2.75, 3.05) is 5.32 Å². The molecule has 0 saturated heterocycles. The number of amides is 2. The highest BCUT2D eigenvalue weighted by molar-refractivity contribution is 6.01. The zero-order valence-electron chi connectivity index (χ0n) is 15.7. The molecule has 0 aliphatic carbocycles. The molecular weight excluding hydrogens is 390 g/mol. The maximum Gasteiger partial charge on any atom is 0.287 e. The third-order valence-electron chi connectivity index (χ3n) is 4.26. The zero-order valence-corrected chi connectivity index (χ0v) is 15.7. The molecule has 9 nitrogen and oxygen atoms in total. The highest BCUT2D eigenvalue weighted by atomic mass is 16.4. The van der Waals surface area contributed by atoms with Crippen molar-refractivity contribution in [2.24, 2.45) is 0 Å². The summed E-state index contributed by atoms with van der Waals surface area (Å²) in [5, 5.41) is 14.8. The molecule has 4 aromatic heterocycles. The van der Waals surface area contributed by atoms with Gasteiger partial charge >= 0.3 is 0 Å². The van der Waals surface area contributed by atoms with E-state index in [0.717, 1.165) is 0 Å². The average Bonchev–Trinajstić information content (AvgIpc) is 3.54. The molecule has 0 radical (unpaired) electrons. The smallest absolute Gasteiger partial charge is 0.287 e. The van der Waals surface area contributed by atoms with Crippen molar-refractivity contribution in [3.63, 3.8) is 0 Å². The van der Waals surface area contributed by atoms with Gasteiger partial charge in [-0.25, -0.2) is 0 Å². The lowest BCUT2D eigenvalue weighted by Gasteiger charge is -2.12. The molecule has 4 aromatic rings. The predicted octanol–water partition coefficient (Wildman–Crippen LogP) is 4.02. The van der Waals surface area contributed by atoms with Gasteiger partial charge in [0.2, 0.25) is 11.8 Å². The van der Waals surface area contributed by atoms with Gasteiger partial charge < -0.3 is 23.0 Å². The Bertz CT molecular complexity index is 1190. The van der Waals surface area contributed by atoms with Gasteiger partial charge in [-0.2, -0.15) is 5.26 Å². The Hall–Kier alpha value is -4.45. The van der Waals surface area contributed by atoms with Gasteiger partial charge in [-0.1, -0.05) is 0 Å². The fraction of sp³-hybridized carbons (Fsp3) is 0.0952. The summed E-state index contributed by atoms with van der Waals surface area (Å²) in [6.45, 7) is 1.49. The number of nitrogens with zero attached hydrogens (tertiary/aromatic N) is 1. The number of nitriles is 1. The van der Waals surface area contributed by atoms with Crippen molar-refractivity contribution in [3.8, 4) is 28.9 Å². The molecule has 0 bridgehead atoms. The summed E-state index contributed by atoms with van der Waals surface area (Å²) >= 11 is 0. The first kappa shape index (κ1) is 18.9. The molecule has 30 heavy (non-hydrogen) atoms. The quantitative estimate of drug-likeness (QED) is 0.494. The lowest BCUT2D eigenvalue weighted by Crippen LogP contribution is -2.41. The fourth-order valence-electron chi connectivity index (χ4n) is 2.82. The first-order valence-corrected chi connectivity index (χ1v) is 8.88. The van der Waals surface area contributed by atoms with Gasteiger partial charge in [0.25, 0.3) is 5.91 Å². The molecule has 9 heteroatoms. The van der Waals surface area contributed by atoms with Gasteiger partial charge in [0.15, 0.2) is 17.3 Å². The summed E-state index contributed by atoms with van der Waals surface area (Å²) in [5.41, 5.74) is 0.411. The van der Waals surface area contributed by atoms with E-state index in [2.05, 4.69) is 10.6 Å². The molecule has 4 rings (SSSR count). The second kappa shape index (κ2) is 7.89. The van der Waals surface area contributed by atoms with E-state index < -0.39 is 17.9 Å². The van der Waals surface area contributed by atoms with Crippen LogP contribution in [0.25, 0.3) is 22.8 Å². The Kier molecular flexibility index (Phi) is 4.97. The number of hydrogen-bond acceptors (Lipinski definition) is 7. The molecule has 4 heterocycles. The summed E-state index contributed by atoms with van der Waals surface area (Å²) < 4.78 is 21.6. The monoisotopic (exact) mass is 405 g/mol. The Balaban J connectivity index is 1.63. The van der Waals surface area contributed by atoms with Crippen molar-refractivity contribution in [2.45, 2.75) is 13.0 Å². The van der Waals surface area contributed by atoms with Crippen molar-refractivity contribution in [3.05, 3.63) is 66.5 Å². The molecule has 0 fully saturated rings. The average molecular weight is 405 g/mol. The molecule has 2 N–H and O–H groups in total. The summed E-state index contributed by atoms with van der Waals surface area (Å²) in [6, 6.07) is 10.8. The van der Waals surface area contributed by atoms with Crippen LogP contribution in [0, 0.1) is 11.3 Å². The van der Waals surface area contributed by atoms with Crippen molar-refractivity contribution < 1.29 is 27.3 Å². The Labute approximate surface area is 169 Å². The molecular formula is C21H15N3O6. The summed E-state index contributed by atoms with van der Waals surface area (Å²) in [6.07, 6.45) is 4.27. The van der Waals surface area contributed by atoms with Crippen LogP contribution in [0.5, 0.6) is 0 Å². The Morgan fingerprint density at radius 2 is 1.67 bits per heavy atom. The maximum absolute atomic E-state index is 12.6. The van der Waals surface area contributed by atoms with Gasteiger partial charge in [-0.15, -0.1) is 0 Å². The minimum Gasteiger partial charge on any atom is -0.464 e. The first-order valence-electron chi connectivity index (χ1n) is 8.88. The molecule has 0 aliphatic rings. The molecule has 0 aromatic carbocycles. The van der Waals surface area contributed by atoms with Gasteiger partial charge in [-0.3, -0.25) is 14.9 Å². The summed E-state index contributed by atoms with van der Waals surface area (Å²) in [7, 11) is 0. The number of nitrogens with one attached hydrogen (secondary N) is 2. The van der Waals surface area contributed by atoms with Crippen molar-refractivity contribution in [1.82, 2.24) is 5.32 Å². The van der Waals surface area contributed by atoms with Crippen LogP contribution in [-0.4, -0.2) is 17.9 Å². The highest BCUT2D eigenvalue weighted by Gasteiger charge is 2.28. The number of anilines is 1. The van der Waals surface area contributed by atoms with Crippen molar-refractivity contribution in [1.29, 1.82) is 5.26 Å². The summed E-state index contributed by atoms with van der Waals surface area (Å²) in [4.78, 5) is 24.7. The topological polar surface area (TPSA) is 135 Å². The summed E-state index contributed by atoms with van der Waals surface area (Å²) in [5.74, 6) is -0.176. The van der Waals surface area contributed by atoms with E-state index in [0.29, 0.717) is 17.1 Å². The van der Waals surface area contributed by atoms with Crippen molar-refractivity contribution >= 4 is 17.7 Å². The third kappa shape index (κ3) is 3.49. The van der Waals surface area contributed by atoms with Gasteiger partial charge in [-0.05, 0) is 43.3 Å². The SMILES string of the molecule is CC(NC(=O)c1ccco1)C(=O)Nc1oc(-c2ccco2)c(-c2ccco2)c1C#N. The minimum atomic E-state index is -0.932. The standard InChI is InChI=1S/C21H15N3O6/c1-12(23-20(26)16-7-4-10-29-16)19(25)24-21-13(11-22)17(14-5-2-8-27-14)18(30-21)15-6-3-9-28-15/h2-10,12H,1H3,(H,23,26)(H,24,25). The van der Waals surface area contributed by atoms with E-state index >= 15 is 0 Å². The number of carbonyl (C=O) groups is 2.